The number of benzene rings is 1. The van der Waals surface area contributed by atoms with Crippen LogP contribution >= 0.6 is 0 Å². The Balaban J connectivity index is 3.57. The van der Waals surface area contributed by atoms with E-state index in [4.69, 9.17) is 0 Å². The van der Waals surface area contributed by atoms with Crippen molar-refractivity contribution >= 4 is 0 Å². The minimum atomic E-state index is -6.71. The van der Waals surface area contributed by atoms with Crippen LogP contribution in [0.3, 0.4) is 0 Å². The Morgan fingerprint density at radius 1 is 0.737 bits per heavy atom. The number of hydrogen-bond acceptors (Lipinski definition) is 0. The Morgan fingerprint density at radius 3 is 1.58 bits per heavy atom. The van der Waals surface area contributed by atoms with Crippen LogP contribution < -0.4 is 0 Å². The van der Waals surface area contributed by atoms with Gasteiger partial charge in [-0.05, 0) is 6.07 Å². The highest BCUT2D eigenvalue weighted by Crippen LogP contribution is 2.57. The molecule has 1 rings (SSSR count). The van der Waals surface area contributed by atoms with Gasteiger partial charge >= 0.3 is 23.9 Å². The molecule has 0 bridgehead atoms. The van der Waals surface area contributed by atoms with Crippen molar-refractivity contribution in [2.75, 3.05) is 0 Å². The SMILES string of the molecule is FC(F)(F)C(F)(F)C(F)(c1[c]cccc1)C(F)(F)F. The molecule has 0 heterocycles. The monoisotopic (exact) mass is 295 g/mol. The standard InChI is InChI=1S/C10H4F9/c11-7(9(14,15)16,6-4-2-1-3-5-6)8(12,13)10(17,18)19/h1-4H. The smallest absolute Gasteiger partial charge is 0.221 e. The highest BCUT2D eigenvalue weighted by atomic mass is 19.4. The summed E-state index contributed by atoms with van der Waals surface area (Å²) in [6.45, 7) is 0. The molecule has 0 nitrogen and oxygen atoms in total. The van der Waals surface area contributed by atoms with Crippen molar-refractivity contribution in [3.05, 3.63) is 35.9 Å². The van der Waals surface area contributed by atoms with Gasteiger partial charge in [0, 0.05) is 5.56 Å². The summed E-state index contributed by atoms with van der Waals surface area (Å²) in [6.07, 6.45) is -13.2. The van der Waals surface area contributed by atoms with Crippen molar-refractivity contribution in [1.29, 1.82) is 0 Å². The van der Waals surface area contributed by atoms with Gasteiger partial charge in [0.25, 0.3) is 0 Å². The van der Waals surface area contributed by atoms with Crippen molar-refractivity contribution in [3.63, 3.8) is 0 Å². The number of alkyl halides is 9. The van der Waals surface area contributed by atoms with Gasteiger partial charge in [-0.3, -0.25) is 0 Å². The molecule has 0 aliphatic carbocycles. The third kappa shape index (κ3) is 2.25. The average Bonchev–Trinajstić information content (AvgIpc) is 2.25. The van der Waals surface area contributed by atoms with Gasteiger partial charge < -0.3 is 0 Å². The quantitative estimate of drug-likeness (QED) is 0.709. The lowest BCUT2D eigenvalue weighted by Crippen LogP contribution is -2.59. The molecule has 1 atom stereocenters. The van der Waals surface area contributed by atoms with Gasteiger partial charge in [-0.15, -0.1) is 0 Å². The molecule has 19 heavy (non-hydrogen) atoms. The molecule has 0 spiro atoms. The lowest BCUT2D eigenvalue weighted by atomic mass is 9.88. The first-order chi connectivity index (χ1) is 8.36. The second-order valence-corrected chi connectivity index (χ2v) is 3.50. The second-order valence-electron chi connectivity index (χ2n) is 3.50. The van der Waals surface area contributed by atoms with Gasteiger partial charge in [0.1, 0.15) is 0 Å². The molecule has 0 aliphatic rings. The fourth-order valence-corrected chi connectivity index (χ4v) is 1.30. The first-order valence-corrected chi connectivity index (χ1v) is 4.53. The molecular weight excluding hydrogens is 291 g/mol. The highest BCUT2D eigenvalue weighted by Gasteiger charge is 2.81. The van der Waals surface area contributed by atoms with E-state index in [9.17, 15) is 39.5 Å². The first-order valence-electron chi connectivity index (χ1n) is 4.53. The highest BCUT2D eigenvalue weighted by molar-refractivity contribution is 5.27. The maximum atomic E-state index is 13.7. The summed E-state index contributed by atoms with van der Waals surface area (Å²) in [5, 5.41) is 0. The largest absolute Gasteiger partial charge is 0.457 e. The molecule has 1 aromatic carbocycles. The minimum absolute atomic E-state index is 0.160. The molecule has 0 saturated carbocycles. The maximum absolute atomic E-state index is 13.7. The van der Waals surface area contributed by atoms with Crippen molar-refractivity contribution in [3.8, 4) is 0 Å². The number of halogens is 9. The maximum Gasteiger partial charge on any atom is 0.457 e. The van der Waals surface area contributed by atoms with E-state index in [1.54, 1.807) is 0 Å². The fourth-order valence-electron chi connectivity index (χ4n) is 1.30. The molecule has 0 saturated heterocycles. The summed E-state index contributed by atoms with van der Waals surface area (Å²) in [5.41, 5.74) is -7.84. The molecule has 9 heteroatoms. The minimum Gasteiger partial charge on any atom is -0.221 e. The third-order valence-corrected chi connectivity index (χ3v) is 2.26. The van der Waals surface area contributed by atoms with E-state index in [-0.39, 0.29) is 6.07 Å². The summed E-state index contributed by atoms with van der Waals surface area (Å²) in [6, 6.07) is 3.86. The Hall–Kier alpha value is -1.41. The lowest BCUT2D eigenvalue weighted by molar-refractivity contribution is -0.389. The summed E-state index contributed by atoms with van der Waals surface area (Å²) in [7, 11) is 0. The lowest BCUT2D eigenvalue weighted by Gasteiger charge is -2.35. The summed E-state index contributed by atoms with van der Waals surface area (Å²) in [5.74, 6) is -6.64. The van der Waals surface area contributed by atoms with Crippen molar-refractivity contribution in [1.82, 2.24) is 0 Å². The summed E-state index contributed by atoms with van der Waals surface area (Å²) in [4.78, 5) is 0. The van der Waals surface area contributed by atoms with Crippen LogP contribution in [0.5, 0.6) is 0 Å². The van der Waals surface area contributed by atoms with Gasteiger partial charge in [0.15, 0.2) is 0 Å². The van der Waals surface area contributed by atoms with Crippen LogP contribution in [0.15, 0.2) is 24.3 Å². The van der Waals surface area contributed by atoms with Gasteiger partial charge in [-0.2, -0.15) is 35.1 Å². The number of hydrogen-bond donors (Lipinski definition) is 0. The fraction of sp³-hybridized carbons (Fsp3) is 0.400. The Kier molecular flexibility index (Phi) is 3.55. The predicted molar refractivity (Wildman–Crippen MR) is 45.1 cm³/mol. The predicted octanol–water partition coefficient (Wildman–Crippen LogP) is 4.41. The van der Waals surface area contributed by atoms with E-state index in [2.05, 4.69) is 0 Å². The first kappa shape index (κ1) is 15.6. The molecule has 0 fully saturated rings. The van der Waals surface area contributed by atoms with Crippen LogP contribution in [0.2, 0.25) is 0 Å². The van der Waals surface area contributed by atoms with E-state index in [1.165, 1.54) is 6.07 Å². The van der Waals surface area contributed by atoms with Gasteiger partial charge in [0.2, 0.25) is 0 Å². The zero-order valence-electron chi connectivity index (χ0n) is 8.71. The van der Waals surface area contributed by atoms with E-state index in [1.807, 2.05) is 0 Å². The molecule has 0 amide bonds. The Morgan fingerprint density at radius 2 is 1.26 bits per heavy atom. The van der Waals surface area contributed by atoms with Gasteiger partial charge in [0.05, 0.1) is 0 Å². The van der Waals surface area contributed by atoms with E-state index in [0.29, 0.717) is 12.1 Å². The molecule has 1 aromatic rings. The third-order valence-electron chi connectivity index (χ3n) is 2.26. The molecule has 1 unspecified atom stereocenters. The van der Waals surface area contributed by atoms with Crippen molar-refractivity contribution < 1.29 is 39.5 Å². The van der Waals surface area contributed by atoms with Crippen molar-refractivity contribution in [2.45, 2.75) is 23.9 Å². The normalized spacial score (nSPS) is 17.1. The van der Waals surface area contributed by atoms with Crippen LogP contribution in [0.25, 0.3) is 0 Å². The topological polar surface area (TPSA) is 0 Å². The van der Waals surface area contributed by atoms with Crippen LogP contribution in [0, 0.1) is 6.07 Å². The summed E-state index contributed by atoms with van der Waals surface area (Å²) >= 11 is 0. The van der Waals surface area contributed by atoms with E-state index >= 15 is 0 Å². The average molecular weight is 295 g/mol. The van der Waals surface area contributed by atoms with E-state index in [0.717, 1.165) is 6.07 Å². The van der Waals surface area contributed by atoms with E-state index < -0.39 is 29.5 Å². The molecule has 0 N–H and O–H groups in total. The van der Waals surface area contributed by atoms with Crippen molar-refractivity contribution in [2.24, 2.45) is 0 Å². The van der Waals surface area contributed by atoms with Crippen LogP contribution in [0.4, 0.5) is 39.5 Å². The van der Waals surface area contributed by atoms with Crippen LogP contribution in [-0.4, -0.2) is 18.3 Å². The summed E-state index contributed by atoms with van der Waals surface area (Å²) < 4.78 is 113. The second kappa shape index (κ2) is 4.31. The molecule has 107 valence electrons. The Bertz CT molecular complexity index is 431. The molecule has 0 aliphatic heterocycles. The van der Waals surface area contributed by atoms with Gasteiger partial charge in [-0.1, -0.05) is 24.3 Å². The molecular formula is C10H4F9. The number of rotatable bonds is 2. The zero-order valence-corrected chi connectivity index (χ0v) is 8.71. The zero-order chi connectivity index (χ0) is 15.1. The molecule has 1 radical (unpaired) electrons. The van der Waals surface area contributed by atoms with Gasteiger partial charge in [-0.25, -0.2) is 4.39 Å². The molecule has 0 aromatic heterocycles. The van der Waals surface area contributed by atoms with Crippen LogP contribution in [0.1, 0.15) is 5.56 Å². The Labute approximate surface area is 100 Å². The van der Waals surface area contributed by atoms with Crippen LogP contribution in [-0.2, 0) is 5.67 Å².